The van der Waals surface area contributed by atoms with Gasteiger partial charge in [0.2, 0.25) is 5.91 Å². The molecule has 0 atom stereocenters. The molecule has 0 aromatic rings. The van der Waals surface area contributed by atoms with Crippen LogP contribution in [0, 0.1) is 0 Å². The minimum atomic E-state index is -3.38. The summed E-state index contributed by atoms with van der Waals surface area (Å²) in [6.45, 7) is 7.16. The van der Waals surface area contributed by atoms with Crippen LogP contribution in [0.1, 0.15) is 32.6 Å². The van der Waals surface area contributed by atoms with Gasteiger partial charge in [-0.3, -0.25) is 4.79 Å². The Kier molecular flexibility index (Phi) is 6.61. The number of rotatable bonds is 7. The maximum absolute atomic E-state index is 12.2. The number of carbonyl (C=O) groups excluding carboxylic acids is 1. The summed E-state index contributed by atoms with van der Waals surface area (Å²) in [5.41, 5.74) is 0. The van der Waals surface area contributed by atoms with E-state index in [1.807, 2.05) is 6.92 Å². The van der Waals surface area contributed by atoms with Crippen molar-refractivity contribution in [1.29, 1.82) is 0 Å². The summed E-state index contributed by atoms with van der Waals surface area (Å²) in [7, 11) is -3.38. The van der Waals surface area contributed by atoms with Crippen molar-refractivity contribution in [2.45, 2.75) is 32.6 Å². The molecule has 128 valence electrons. The molecular weight excluding hydrogens is 304 g/mol. The second-order valence-corrected chi connectivity index (χ2v) is 7.73. The van der Waals surface area contributed by atoms with E-state index in [4.69, 9.17) is 0 Å². The topological polar surface area (TPSA) is 73.0 Å². The highest BCUT2D eigenvalue weighted by atomic mass is 32.2. The molecule has 0 radical (unpaired) electrons. The molecule has 0 bridgehead atoms. The maximum Gasteiger partial charge on any atom is 0.279 e. The lowest BCUT2D eigenvalue weighted by molar-refractivity contribution is -0.132. The van der Waals surface area contributed by atoms with Crippen LogP contribution < -0.4 is 4.72 Å². The van der Waals surface area contributed by atoms with E-state index in [1.165, 1.54) is 17.1 Å². The van der Waals surface area contributed by atoms with Crippen molar-refractivity contribution in [3.05, 3.63) is 0 Å². The summed E-state index contributed by atoms with van der Waals surface area (Å²) >= 11 is 0. The van der Waals surface area contributed by atoms with Gasteiger partial charge in [-0.05, 0) is 32.4 Å². The molecule has 0 aliphatic carbocycles. The largest absolute Gasteiger partial charge is 0.340 e. The van der Waals surface area contributed by atoms with E-state index in [0.717, 1.165) is 26.1 Å². The zero-order valence-corrected chi connectivity index (χ0v) is 14.3. The lowest BCUT2D eigenvalue weighted by Gasteiger charge is -2.34. The van der Waals surface area contributed by atoms with Crippen LogP contribution in [-0.4, -0.2) is 80.8 Å². The Bertz CT molecular complexity index is 455. The molecule has 2 saturated heterocycles. The highest BCUT2D eigenvalue weighted by molar-refractivity contribution is 7.87. The molecule has 2 aliphatic rings. The van der Waals surface area contributed by atoms with Crippen LogP contribution in [-0.2, 0) is 15.0 Å². The first-order valence-electron chi connectivity index (χ1n) is 8.28. The van der Waals surface area contributed by atoms with E-state index in [0.29, 0.717) is 39.1 Å². The lowest BCUT2D eigenvalue weighted by Crippen LogP contribution is -2.53. The van der Waals surface area contributed by atoms with Crippen LogP contribution in [0.5, 0.6) is 0 Å². The highest BCUT2D eigenvalue weighted by Crippen LogP contribution is 2.10. The van der Waals surface area contributed by atoms with Crippen LogP contribution >= 0.6 is 0 Å². The SMILES string of the molecule is CCCNS(=O)(=O)N1CCN(C(=O)CCN2CCCC2)CC1. The van der Waals surface area contributed by atoms with Gasteiger partial charge in [0, 0.05) is 45.7 Å². The zero-order valence-electron chi connectivity index (χ0n) is 13.5. The number of piperazine rings is 1. The summed E-state index contributed by atoms with van der Waals surface area (Å²) in [5, 5.41) is 0. The second-order valence-electron chi connectivity index (χ2n) is 5.98. The molecular formula is C14H28N4O3S. The average molecular weight is 332 g/mol. The summed E-state index contributed by atoms with van der Waals surface area (Å²) < 4.78 is 28.1. The van der Waals surface area contributed by atoms with E-state index in [2.05, 4.69) is 9.62 Å². The van der Waals surface area contributed by atoms with Gasteiger partial charge in [0.1, 0.15) is 0 Å². The molecule has 2 rings (SSSR count). The van der Waals surface area contributed by atoms with Gasteiger partial charge in [-0.15, -0.1) is 0 Å². The van der Waals surface area contributed by atoms with Gasteiger partial charge < -0.3 is 9.80 Å². The molecule has 8 heteroatoms. The number of nitrogens with one attached hydrogen (secondary N) is 1. The van der Waals surface area contributed by atoms with E-state index in [1.54, 1.807) is 4.90 Å². The van der Waals surface area contributed by atoms with Crippen molar-refractivity contribution < 1.29 is 13.2 Å². The Hall–Kier alpha value is -0.700. The molecule has 0 saturated carbocycles. The van der Waals surface area contributed by atoms with Crippen LogP contribution in [0.2, 0.25) is 0 Å². The van der Waals surface area contributed by atoms with Crippen LogP contribution in [0.3, 0.4) is 0 Å². The monoisotopic (exact) mass is 332 g/mol. The first-order valence-corrected chi connectivity index (χ1v) is 9.72. The summed E-state index contributed by atoms with van der Waals surface area (Å²) in [5.74, 6) is 0.144. The van der Waals surface area contributed by atoms with E-state index in [-0.39, 0.29) is 5.91 Å². The Morgan fingerprint density at radius 3 is 2.27 bits per heavy atom. The van der Waals surface area contributed by atoms with Gasteiger partial charge in [-0.25, -0.2) is 4.72 Å². The van der Waals surface area contributed by atoms with E-state index in [9.17, 15) is 13.2 Å². The minimum Gasteiger partial charge on any atom is -0.340 e. The summed E-state index contributed by atoms with van der Waals surface area (Å²) in [4.78, 5) is 16.3. The molecule has 0 unspecified atom stereocenters. The highest BCUT2D eigenvalue weighted by Gasteiger charge is 2.28. The van der Waals surface area contributed by atoms with Crippen molar-refractivity contribution in [3.8, 4) is 0 Å². The second kappa shape index (κ2) is 8.24. The Balaban J connectivity index is 1.72. The van der Waals surface area contributed by atoms with Gasteiger partial charge >= 0.3 is 0 Å². The third kappa shape index (κ3) is 4.91. The third-order valence-electron chi connectivity index (χ3n) is 4.31. The summed E-state index contributed by atoms with van der Waals surface area (Å²) in [6, 6.07) is 0. The predicted octanol–water partition coefficient (Wildman–Crippen LogP) is -0.139. The fraction of sp³-hybridized carbons (Fsp3) is 0.929. The van der Waals surface area contributed by atoms with Crippen molar-refractivity contribution in [2.24, 2.45) is 0 Å². The standard InChI is InChI=1S/C14H28N4O3S/c1-2-6-15-22(20,21)18-12-10-17(11-13-18)14(19)5-9-16-7-3-4-8-16/h15H,2-13H2,1H3. The number of nitrogens with zero attached hydrogens (tertiary/aromatic N) is 3. The van der Waals surface area contributed by atoms with Crippen molar-refractivity contribution >= 4 is 16.1 Å². The predicted molar refractivity (Wildman–Crippen MR) is 85.7 cm³/mol. The normalized spacial score (nSPS) is 21.4. The van der Waals surface area contributed by atoms with Gasteiger partial charge in [-0.1, -0.05) is 6.92 Å². The first-order chi connectivity index (χ1) is 10.5. The maximum atomic E-state index is 12.2. The van der Waals surface area contributed by atoms with Gasteiger partial charge in [0.25, 0.3) is 10.2 Å². The number of hydrogen-bond donors (Lipinski definition) is 1. The molecule has 0 aromatic carbocycles. The molecule has 0 aromatic heterocycles. The molecule has 2 heterocycles. The van der Waals surface area contributed by atoms with Crippen molar-refractivity contribution in [3.63, 3.8) is 0 Å². The Morgan fingerprint density at radius 2 is 1.68 bits per heavy atom. The summed E-state index contributed by atoms with van der Waals surface area (Å²) in [6.07, 6.45) is 3.78. The number of amides is 1. The smallest absolute Gasteiger partial charge is 0.279 e. The molecule has 1 N–H and O–H groups in total. The third-order valence-corrected chi connectivity index (χ3v) is 5.92. The fourth-order valence-corrected chi connectivity index (χ4v) is 4.21. The van der Waals surface area contributed by atoms with Crippen molar-refractivity contribution in [1.82, 2.24) is 18.8 Å². The van der Waals surface area contributed by atoms with Gasteiger partial charge in [0.05, 0.1) is 0 Å². The molecule has 0 spiro atoms. The lowest BCUT2D eigenvalue weighted by atomic mass is 10.3. The van der Waals surface area contributed by atoms with E-state index >= 15 is 0 Å². The quantitative estimate of drug-likeness (QED) is 0.704. The van der Waals surface area contributed by atoms with Gasteiger partial charge in [-0.2, -0.15) is 12.7 Å². The van der Waals surface area contributed by atoms with Crippen molar-refractivity contribution in [2.75, 3.05) is 52.4 Å². The molecule has 7 nitrogen and oxygen atoms in total. The van der Waals surface area contributed by atoms with Crippen LogP contribution in [0.15, 0.2) is 0 Å². The Morgan fingerprint density at radius 1 is 1.05 bits per heavy atom. The molecule has 2 fully saturated rings. The van der Waals surface area contributed by atoms with Crippen LogP contribution in [0.25, 0.3) is 0 Å². The minimum absolute atomic E-state index is 0.144. The molecule has 2 aliphatic heterocycles. The zero-order chi connectivity index (χ0) is 16.0. The first kappa shape index (κ1) is 17.7. The van der Waals surface area contributed by atoms with Gasteiger partial charge in [0.15, 0.2) is 0 Å². The number of hydrogen-bond acceptors (Lipinski definition) is 4. The number of carbonyl (C=O) groups is 1. The van der Waals surface area contributed by atoms with Crippen LogP contribution in [0.4, 0.5) is 0 Å². The molecule has 1 amide bonds. The Labute approximate surface area is 133 Å². The fourth-order valence-electron chi connectivity index (χ4n) is 2.92. The number of likely N-dealkylation sites (tertiary alicyclic amines) is 1. The van der Waals surface area contributed by atoms with E-state index < -0.39 is 10.2 Å². The molecule has 22 heavy (non-hydrogen) atoms. The average Bonchev–Trinajstić information content (AvgIpc) is 3.04.